The van der Waals surface area contributed by atoms with Crippen molar-refractivity contribution in [3.05, 3.63) is 41.0 Å². The third-order valence-electron chi connectivity index (χ3n) is 3.11. The van der Waals surface area contributed by atoms with Gasteiger partial charge in [0, 0.05) is 7.05 Å². The Morgan fingerprint density at radius 3 is 2.50 bits per heavy atom. The molecule has 88 valence electrons. The normalized spacial score (nSPS) is 10.2. The van der Waals surface area contributed by atoms with Crippen molar-refractivity contribution in [2.45, 2.75) is 33.6 Å². The quantitative estimate of drug-likeness (QED) is 0.586. The molecule has 0 saturated carbocycles. The van der Waals surface area contributed by atoms with Crippen molar-refractivity contribution in [1.82, 2.24) is 5.43 Å². The Balaban J connectivity index is 3.29. The number of nitrogens with one attached hydrogen (secondary N) is 2. The summed E-state index contributed by atoms with van der Waals surface area (Å²) in [7, 11) is 1.89. The van der Waals surface area contributed by atoms with Gasteiger partial charge in [-0.05, 0) is 55.0 Å². The molecule has 0 aromatic heterocycles. The van der Waals surface area contributed by atoms with E-state index in [0.717, 1.165) is 12.8 Å². The van der Waals surface area contributed by atoms with E-state index in [1.807, 2.05) is 13.1 Å². The monoisotopic (exact) mass is 218 g/mol. The van der Waals surface area contributed by atoms with Gasteiger partial charge < -0.3 is 5.43 Å². The molecule has 0 heterocycles. The minimum atomic E-state index is 0.954. The number of hydrogen-bond donors (Lipinski definition) is 2. The van der Waals surface area contributed by atoms with E-state index in [-0.39, 0.29) is 0 Å². The fraction of sp³-hybridized carbons (Fsp3) is 0.429. The molecule has 0 unspecified atom stereocenters. The van der Waals surface area contributed by atoms with E-state index < -0.39 is 0 Å². The van der Waals surface area contributed by atoms with Crippen LogP contribution < -0.4 is 10.9 Å². The lowest BCUT2D eigenvalue weighted by atomic mass is 9.92. The summed E-state index contributed by atoms with van der Waals surface area (Å²) in [6.45, 7) is 10.4. The summed E-state index contributed by atoms with van der Waals surface area (Å²) in [5.41, 5.74) is 12.9. The molecule has 0 amide bonds. The first-order chi connectivity index (χ1) is 7.65. The molecule has 0 aliphatic carbocycles. The van der Waals surface area contributed by atoms with Crippen LogP contribution in [-0.4, -0.2) is 7.05 Å². The van der Waals surface area contributed by atoms with E-state index in [1.54, 1.807) is 0 Å². The Labute approximate surface area is 98.7 Å². The van der Waals surface area contributed by atoms with Crippen molar-refractivity contribution < 1.29 is 0 Å². The fourth-order valence-corrected chi connectivity index (χ4v) is 2.05. The maximum Gasteiger partial charge on any atom is 0.0522 e. The zero-order valence-electron chi connectivity index (χ0n) is 10.8. The highest BCUT2D eigenvalue weighted by atomic mass is 15.3. The second kappa shape index (κ2) is 5.71. The van der Waals surface area contributed by atoms with E-state index in [0.29, 0.717) is 0 Å². The fourth-order valence-electron chi connectivity index (χ4n) is 2.05. The molecular formula is C14H22N2. The summed E-state index contributed by atoms with van der Waals surface area (Å²) in [4.78, 5) is 0. The lowest BCUT2D eigenvalue weighted by Gasteiger charge is -2.17. The number of hydrogen-bond acceptors (Lipinski definition) is 2. The molecule has 16 heavy (non-hydrogen) atoms. The summed E-state index contributed by atoms with van der Waals surface area (Å²) < 4.78 is 0. The van der Waals surface area contributed by atoms with Crippen molar-refractivity contribution in [3.63, 3.8) is 0 Å². The number of hydrazine groups is 1. The van der Waals surface area contributed by atoms with Crippen LogP contribution in [0.4, 0.5) is 5.69 Å². The first-order valence-corrected chi connectivity index (χ1v) is 5.81. The van der Waals surface area contributed by atoms with Crippen molar-refractivity contribution in [1.29, 1.82) is 0 Å². The van der Waals surface area contributed by atoms with E-state index in [9.17, 15) is 0 Å². The Kier molecular flexibility index (Phi) is 4.56. The van der Waals surface area contributed by atoms with Crippen LogP contribution in [0.3, 0.4) is 0 Å². The highest BCUT2D eigenvalue weighted by Gasteiger charge is 2.10. The van der Waals surface area contributed by atoms with Crippen LogP contribution in [0.15, 0.2) is 18.7 Å². The maximum atomic E-state index is 3.83. The molecule has 1 aromatic rings. The number of anilines is 1. The largest absolute Gasteiger partial charge is 0.321 e. The van der Waals surface area contributed by atoms with Gasteiger partial charge in [-0.2, -0.15) is 0 Å². The molecule has 0 saturated heterocycles. The van der Waals surface area contributed by atoms with Gasteiger partial charge in [0.05, 0.1) is 5.69 Å². The zero-order chi connectivity index (χ0) is 12.1. The standard InChI is InChI=1S/C14H22N2/c1-6-8-13-10(3)11(4)14(16-15-5)9-12(13)7-2/h6,9,15-16H,1,7-8H2,2-5H3. The average molecular weight is 218 g/mol. The Morgan fingerprint density at radius 2 is 2.00 bits per heavy atom. The smallest absolute Gasteiger partial charge is 0.0522 e. The van der Waals surface area contributed by atoms with Crippen molar-refractivity contribution in [2.75, 3.05) is 12.5 Å². The lowest BCUT2D eigenvalue weighted by molar-refractivity contribution is 0.967. The van der Waals surface area contributed by atoms with Gasteiger partial charge in [-0.15, -0.1) is 6.58 Å². The van der Waals surface area contributed by atoms with Crippen LogP contribution in [0, 0.1) is 13.8 Å². The maximum absolute atomic E-state index is 3.83. The minimum absolute atomic E-state index is 0.954. The van der Waals surface area contributed by atoms with E-state index in [4.69, 9.17) is 0 Å². The van der Waals surface area contributed by atoms with E-state index >= 15 is 0 Å². The van der Waals surface area contributed by atoms with Crippen LogP contribution in [0.2, 0.25) is 0 Å². The molecule has 0 bridgehead atoms. The second-order valence-electron chi connectivity index (χ2n) is 4.03. The summed E-state index contributed by atoms with van der Waals surface area (Å²) >= 11 is 0. The summed E-state index contributed by atoms with van der Waals surface area (Å²) in [6.07, 6.45) is 3.99. The Hall–Kier alpha value is -1.28. The van der Waals surface area contributed by atoms with Crippen LogP contribution in [0.25, 0.3) is 0 Å². The molecule has 2 nitrogen and oxygen atoms in total. The molecule has 0 spiro atoms. The first-order valence-electron chi connectivity index (χ1n) is 5.81. The summed E-state index contributed by atoms with van der Waals surface area (Å²) in [5, 5.41) is 0. The molecular weight excluding hydrogens is 196 g/mol. The highest BCUT2D eigenvalue weighted by Crippen LogP contribution is 2.26. The first kappa shape index (κ1) is 12.8. The van der Waals surface area contributed by atoms with Gasteiger partial charge in [-0.1, -0.05) is 13.0 Å². The molecule has 2 N–H and O–H groups in total. The number of allylic oxidation sites excluding steroid dienone is 1. The van der Waals surface area contributed by atoms with Crippen LogP contribution in [0.1, 0.15) is 29.2 Å². The van der Waals surface area contributed by atoms with E-state index in [2.05, 4.69) is 44.3 Å². The molecule has 0 aliphatic rings. The van der Waals surface area contributed by atoms with Crippen LogP contribution in [-0.2, 0) is 12.8 Å². The van der Waals surface area contributed by atoms with Gasteiger partial charge in [-0.25, -0.2) is 5.43 Å². The van der Waals surface area contributed by atoms with Crippen LogP contribution in [0.5, 0.6) is 0 Å². The highest BCUT2D eigenvalue weighted by molar-refractivity contribution is 5.59. The number of benzene rings is 1. The lowest BCUT2D eigenvalue weighted by Crippen LogP contribution is -2.17. The third kappa shape index (κ3) is 2.45. The van der Waals surface area contributed by atoms with Crippen molar-refractivity contribution in [2.24, 2.45) is 0 Å². The van der Waals surface area contributed by atoms with Crippen molar-refractivity contribution in [3.8, 4) is 0 Å². The van der Waals surface area contributed by atoms with Gasteiger partial charge in [-0.3, -0.25) is 0 Å². The summed E-state index contributed by atoms with van der Waals surface area (Å²) in [6, 6.07) is 2.23. The van der Waals surface area contributed by atoms with Crippen LogP contribution >= 0.6 is 0 Å². The molecule has 0 atom stereocenters. The summed E-state index contributed by atoms with van der Waals surface area (Å²) in [5.74, 6) is 0. The molecule has 0 radical (unpaired) electrons. The van der Waals surface area contributed by atoms with Crippen molar-refractivity contribution >= 4 is 5.69 Å². The number of rotatable bonds is 5. The van der Waals surface area contributed by atoms with Gasteiger partial charge in [0.15, 0.2) is 0 Å². The van der Waals surface area contributed by atoms with Gasteiger partial charge in [0.2, 0.25) is 0 Å². The van der Waals surface area contributed by atoms with Gasteiger partial charge in [0.1, 0.15) is 0 Å². The molecule has 2 heteroatoms. The van der Waals surface area contributed by atoms with E-state index in [1.165, 1.54) is 27.9 Å². The number of aryl methyl sites for hydroxylation is 1. The predicted molar refractivity (Wildman–Crippen MR) is 71.9 cm³/mol. The third-order valence-corrected chi connectivity index (χ3v) is 3.11. The molecule has 1 aromatic carbocycles. The van der Waals surface area contributed by atoms with Gasteiger partial charge >= 0.3 is 0 Å². The Bertz CT molecular complexity index is 381. The predicted octanol–water partition coefficient (Wildman–Crippen LogP) is 3.14. The SMILES string of the molecule is C=CCc1c(CC)cc(NNC)c(C)c1C. The zero-order valence-corrected chi connectivity index (χ0v) is 10.8. The molecule has 0 aliphatic heterocycles. The Morgan fingerprint density at radius 1 is 1.31 bits per heavy atom. The topological polar surface area (TPSA) is 24.1 Å². The average Bonchev–Trinajstić information content (AvgIpc) is 2.29. The van der Waals surface area contributed by atoms with Gasteiger partial charge in [0.25, 0.3) is 0 Å². The second-order valence-corrected chi connectivity index (χ2v) is 4.03. The molecule has 1 rings (SSSR count). The molecule has 0 fully saturated rings. The minimum Gasteiger partial charge on any atom is -0.321 e.